The monoisotopic (exact) mass is 1250 g/mol. The number of hydrogen-bond acceptors (Lipinski definition) is 25. The average Bonchev–Trinajstić information content (AvgIpc) is 0.707. The van der Waals surface area contributed by atoms with Crippen molar-refractivity contribution in [3.8, 4) is 0 Å². The minimum absolute atomic E-state index is 0.0578. The molecule has 496 valence electrons. The first-order valence-electron chi connectivity index (χ1n) is 30.8. The van der Waals surface area contributed by atoms with Crippen molar-refractivity contribution in [1.29, 1.82) is 0 Å². The van der Waals surface area contributed by atoms with Crippen molar-refractivity contribution in [2.45, 2.75) is 248 Å². The lowest BCUT2D eigenvalue weighted by molar-refractivity contribution is -0.392. The lowest BCUT2D eigenvalue weighted by Gasteiger charge is -2.72. The number of esters is 2. The van der Waals surface area contributed by atoms with Gasteiger partial charge < -0.3 is 114 Å². The summed E-state index contributed by atoms with van der Waals surface area (Å²) >= 11 is 0. The van der Waals surface area contributed by atoms with E-state index in [1.165, 1.54) is 13.8 Å². The number of aliphatic hydroxyl groups excluding tert-OH is 12. The number of carboxylic acids is 1. The Kier molecular flexibility index (Phi) is 19.0. The SMILES string of the molecule is CC(=O)O[C@H]1[C@H](OC(=O)c2ccccc2)C(C)(C)C[C@H]2C3=CC[C@@H]4[C@@]5(C)CC[C@H](O[C@@H]6O[C@H](C(=O)O)[C@@H](O)[C@H](O[C@@H]7OC[C@@H](O)[C@H](O)[C@H]7O)[C@H]6O[C@@H]6O[C@H](CO)[C@@H](O)[C@H](O)[C@H]6O)C(C)(C)[C@@H]5CC[C@@]4(C)[C@]3(C)C[C@@H](O)[C@]21CO[C@@H]1O[C@@H](C)[C@H](O)[C@@H](O)[C@H]1O. The fourth-order valence-corrected chi connectivity index (χ4v) is 17.7. The molecule has 4 aliphatic heterocycles. The minimum atomic E-state index is -2.13. The summed E-state index contributed by atoms with van der Waals surface area (Å²) in [5, 5.41) is 143. The summed E-state index contributed by atoms with van der Waals surface area (Å²) in [6.45, 7) is 15.6. The van der Waals surface area contributed by atoms with E-state index in [2.05, 4.69) is 26.8 Å². The van der Waals surface area contributed by atoms with E-state index in [-0.39, 0.29) is 23.8 Å². The molecule has 9 aliphatic rings. The largest absolute Gasteiger partial charge is 0.479 e. The van der Waals surface area contributed by atoms with Gasteiger partial charge >= 0.3 is 17.9 Å². The third kappa shape index (κ3) is 11.2. The maximum atomic E-state index is 14.1. The highest BCUT2D eigenvalue weighted by Crippen LogP contribution is 2.76. The number of fused-ring (bicyclic) bond motifs is 7. The average molecular weight is 1250 g/mol. The van der Waals surface area contributed by atoms with Crippen molar-refractivity contribution in [3.63, 3.8) is 0 Å². The Morgan fingerprint density at radius 3 is 1.95 bits per heavy atom. The van der Waals surface area contributed by atoms with E-state index in [0.29, 0.717) is 38.5 Å². The van der Waals surface area contributed by atoms with Gasteiger partial charge in [-0.3, -0.25) is 4.79 Å². The third-order valence-electron chi connectivity index (χ3n) is 22.8. The van der Waals surface area contributed by atoms with Crippen LogP contribution in [0.5, 0.6) is 0 Å². The van der Waals surface area contributed by atoms with Crippen LogP contribution in [0.3, 0.4) is 0 Å². The van der Waals surface area contributed by atoms with Gasteiger partial charge in [0.15, 0.2) is 31.3 Å². The fraction of sp³-hybridized carbons (Fsp3) is 0.823. The summed E-state index contributed by atoms with van der Waals surface area (Å²) in [5.74, 6) is -3.85. The molecular formula is C62H92O26. The predicted octanol–water partition coefficient (Wildman–Crippen LogP) is -0.455. The smallest absolute Gasteiger partial charge is 0.338 e. The van der Waals surface area contributed by atoms with Gasteiger partial charge in [-0.2, -0.15) is 0 Å². The number of allylic oxidation sites excluding steroid dienone is 2. The second-order valence-electron chi connectivity index (χ2n) is 28.5. The van der Waals surface area contributed by atoms with E-state index in [4.69, 9.17) is 47.4 Å². The summed E-state index contributed by atoms with van der Waals surface area (Å²) < 4.78 is 61.9. The number of ether oxygens (including phenoxy) is 10. The van der Waals surface area contributed by atoms with Crippen LogP contribution in [0, 0.1) is 50.2 Å². The predicted molar refractivity (Wildman–Crippen MR) is 299 cm³/mol. The fourth-order valence-electron chi connectivity index (χ4n) is 17.7. The highest BCUT2D eigenvalue weighted by molar-refractivity contribution is 5.89. The third-order valence-corrected chi connectivity index (χ3v) is 22.8. The van der Waals surface area contributed by atoms with E-state index in [0.717, 1.165) is 5.57 Å². The molecule has 26 heteroatoms. The Morgan fingerprint density at radius 1 is 0.648 bits per heavy atom. The lowest BCUT2D eigenvalue weighted by Crippen LogP contribution is -2.73. The van der Waals surface area contributed by atoms with E-state index in [1.807, 2.05) is 27.7 Å². The van der Waals surface area contributed by atoms with Crippen LogP contribution < -0.4 is 0 Å². The highest BCUT2D eigenvalue weighted by Gasteiger charge is 2.74. The Bertz CT molecular complexity index is 2700. The molecule has 10 rings (SSSR count). The molecule has 88 heavy (non-hydrogen) atoms. The number of benzene rings is 1. The molecule has 4 heterocycles. The van der Waals surface area contributed by atoms with Crippen LogP contribution in [0.25, 0.3) is 0 Å². The Labute approximate surface area is 510 Å². The van der Waals surface area contributed by atoms with Gasteiger partial charge in [0.25, 0.3) is 0 Å². The van der Waals surface area contributed by atoms with E-state index >= 15 is 0 Å². The summed E-state index contributed by atoms with van der Waals surface area (Å²) in [6, 6.07) is 8.35. The Balaban J connectivity index is 0.984. The maximum absolute atomic E-state index is 14.1. The molecule has 4 saturated carbocycles. The van der Waals surface area contributed by atoms with Crippen molar-refractivity contribution in [2.24, 2.45) is 50.2 Å². The topological polar surface area (TPSA) is 407 Å². The summed E-state index contributed by atoms with van der Waals surface area (Å²) in [4.78, 5) is 40.6. The van der Waals surface area contributed by atoms with Crippen molar-refractivity contribution in [2.75, 3.05) is 19.8 Å². The minimum Gasteiger partial charge on any atom is -0.479 e. The highest BCUT2D eigenvalue weighted by atomic mass is 16.8. The number of carbonyl (C=O) groups excluding carboxylic acids is 2. The van der Waals surface area contributed by atoms with Crippen LogP contribution in [0.4, 0.5) is 0 Å². The zero-order valence-electron chi connectivity index (χ0n) is 51.2. The molecule has 5 aliphatic carbocycles. The van der Waals surface area contributed by atoms with Gasteiger partial charge in [0, 0.05) is 12.3 Å². The summed E-state index contributed by atoms with van der Waals surface area (Å²) in [5.41, 5.74) is -3.80. The second-order valence-corrected chi connectivity index (χ2v) is 28.5. The van der Waals surface area contributed by atoms with Gasteiger partial charge in [-0.25, -0.2) is 9.59 Å². The van der Waals surface area contributed by atoms with Gasteiger partial charge in [0.2, 0.25) is 0 Å². The quantitative estimate of drug-likeness (QED) is 0.0637. The van der Waals surface area contributed by atoms with Crippen LogP contribution in [0.2, 0.25) is 0 Å². The second kappa shape index (κ2) is 24.8. The Morgan fingerprint density at radius 2 is 1.30 bits per heavy atom. The van der Waals surface area contributed by atoms with Crippen LogP contribution in [-0.4, -0.2) is 245 Å². The first-order valence-corrected chi connectivity index (χ1v) is 30.8. The first-order chi connectivity index (χ1) is 41.2. The molecule has 13 N–H and O–H groups in total. The van der Waals surface area contributed by atoms with Gasteiger partial charge in [-0.15, -0.1) is 0 Å². The number of hydrogen-bond donors (Lipinski definition) is 13. The van der Waals surface area contributed by atoms with Gasteiger partial charge in [-0.05, 0) is 103 Å². The van der Waals surface area contributed by atoms with Crippen molar-refractivity contribution >= 4 is 17.9 Å². The zero-order valence-corrected chi connectivity index (χ0v) is 51.2. The van der Waals surface area contributed by atoms with Crippen LogP contribution in [0.1, 0.15) is 118 Å². The molecule has 1 aromatic carbocycles. The normalized spacial score (nSPS) is 49.8. The molecular weight excluding hydrogens is 1160 g/mol. The van der Waals surface area contributed by atoms with Crippen LogP contribution >= 0.6 is 0 Å². The summed E-state index contributed by atoms with van der Waals surface area (Å²) in [7, 11) is 0. The van der Waals surface area contributed by atoms with E-state index in [1.54, 1.807) is 30.3 Å². The molecule has 26 nitrogen and oxygen atoms in total. The molecule has 30 atom stereocenters. The number of aliphatic hydroxyl groups is 12. The van der Waals surface area contributed by atoms with Gasteiger partial charge in [-0.1, -0.05) is 78.3 Å². The molecule has 1 aromatic rings. The molecule has 0 amide bonds. The van der Waals surface area contributed by atoms with Crippen molar-refractivity contribution < 1.29 is 128 Å². The molecule has 0 radical (unpaired) electrons. The molecule has 0 bridgehead atoms. The molecule has 8 fully saturated rings. The van der Waals surface area contributed by atoms with Gasteiger partial charge in [0.1, 0.15) is 91.6 Å². The van der Waals surface area contributed by atoms with Crippen molar-refractivity contribution in [3.05, 3.63) is 47.5 Å². The molecule has 0 spiro atoms. The molecule has 4 saturated heterocycles. The number of aliphatic carboxylic acids is 1. The standard InChI is InChI=1S/C62H92O26/c1-26-37(67)40(70)43(73)54(81-26)80-25-62-30(21-57(3,4)49(50(62)82-27(2)64)88-52(78)28-13-11-10-12-14-28)29-15-16-34-59(7)19-18-36(58(5,6)33(59)17-20-60(34,8)61(29,9)22-35(62)66)84-56-48(87-55-44(74)41(71)39(69)32(23-63)83-55)46(45(75)47(86-56)51(76)77)85-53-42(72)38(68)31(65)24-79-53/h10-15,26,30-50,53-56,63,65-75H,16-25H2,1-9H3,(H,76,77)/t26-,30-,31+,32+,33-,34+,35+,36-,37-,38-,39+,40+,41-,42+,43+,44+,45-,46-,47-,48+,49-,50-,53-,54+,55-,56+,59-,60+,61+,62-/m0/s1. The maximum Gasteiger partial charge on any atom is 0.338 e. The lowest BCUT2D eigenvalue weighted by atomic mass is 9.33. The first kappa shape index (κ1) is 67.5. The van der Waals surface area contributed by atoms with Gasteiger partial charge in [0.05, 0.1) is 49.1 Å². The number of carbonyl (C=O) groups is 3. The number of rotatable bonds is 14. The zero-order chi connectivity index (χ0) is 64.3. The van der Waals surface area contributed by atoms with E-state index < -0.39 is 217 Å². The number of carboxylic acid groups (broad SMARTS) is 1. The van der Waals surface area contributed by atoms with Crippen LogP contribution in [-0.2, 0) is 57.0 Å². The molecule has 0 aromatic heterocycles. The summed E-state index contributed by atoms with van der Waals surface area (Å²) in [6.07, 6.45) is -32.5. The Hall–Kier alpha value is -3.43. The van der Waals surface area contributed by atoms with Crippen LogP contribution in [0.15, 0.2) is 42.0 Å². The molecule has 0 unspecified atom stereocenters. The van der Waals surface area contributed by atoms with Crippen molar-refractivity contribution in [1.82, 2.24) is 0 Å². The van der Waals surface area contributed by atoms with E-state index in [9.17, 15) is 80.8 Å².